The van der Waals surface area contributed by atoms with E-state index in [1.165, 1.54) is 12.1 Å². The second-order valence-corrected chi connectivity index (χ2v) is 5.79. The van der Waals surface area contributed by atoms with E-state index in [-0.39, 0.29) is 11.7 Å². The lowest BCUT2D eigenvalue weighted by molar-refractivity contribution is -0.129. The predicted molar refractivity (Wildman–Crippen MR) is 88.3 cm³/mol. The molecular formula is C20H18FNO. The van der Waals surface area contributed by atoms with Gasteiger partial charge in [-0.3, -0.25) is 4.79 Å². The maximum atomic E-state index is 13.1. The molecule has 0 saturated heterocycles. The molecule has 23 heavy (non-hydrogen) atoms. The summed E-state index contributed by atoms with van der Waals surface area (Å²) in [4.78, 5) is 12.6. The molecule has 1 aliphatic carbocycles. The lowest BCUT2D eigenvalue weighted by atomic mass is 9.64. The summed E-state index contributed by atoms with van der Waals surface area (Å²) in [7, 11) is 0. The Balaban J connectivity index is 1.65. The van der Waals surface area contributed by atoms with Crippen LogP contribution in [0.2, 0.25) is 0 Å². The molecule has 0 atom stereocenters. The number of hydrogen-bond donors (Lipinski definition) is 1. The van der Waals surface area contributed by atoms with E-state index in [0.717, 1.165) is 30.4 Å². The molecule has 1 saturated carbocycles. The second kappa shape index (κ2) is 6.66. The second-order valence-electron chi connectivity index (χ2n) is 5.79. The lowest BCUT2D eigenvalue weighted by Gasteiger charge is -2.40. The Hall–Kier alpha value is -2.60. The monoisotopic (exact) mass is 307 g/mol. The van der Waals surface area contributed by atoms with Crippen LogP contribution in [0.25, 0.3) is 0 Å². The van der Waals surface area contributed by atoms with Gasteiger partial charge in [0, 0.05) is 5.56 Å². The molecule has 3 heteroatoms. The van der Waals surface area contributed by atoms with Crippen molar-refractivity contribution in [2.24, 2.45) is 0 Å². The largest absolute Gasteiger partial charge is 0.344 e. The van der Waals surface area contributed by atoms with Gasteiger partial charge in [-0.2, -0.15) is 0 Å². The van der Waals surface area contributed by atoms with Crippen molar-refractivity contribution in [1.82, 2.24) is 5.32 Å². The number of halogens is 1. The van der Waals surface area contributed by atoms with Crippen molar-refractivity contribution >= 4 is 5.91 Å². The summed E-state index contributed by atoms with van der Waals surface area (Å²) in [5.74, 6) is 5.70. The normalized spacial score (nSPS) is 15.0. The van der Waals surface area contributed by atoms with Crippen molar-refractivity contribution in [1.29, 1.82) is 0 Å². The van der Waals surface area contributed by atoms with Crippen LogP contribution in [0.15, 0.2) is 54.6 Å². The minimum absolute atomic E-state index is 0.0160. The number of hydrogen-bond acceptors (Lipinski definition) is 1. The fraction of sp³-hybridized carbons (Fsp3) is 0.250. The zero-order valence-corrected chi connectivity index (χ0v) is 12.8. The van der Waals surface area contributed by atoms with Crippen LogP contribution in [-0.2, 0) is 10.2 Å². The highest BCUT2D eigenvalue weighted by molar-refractivity contribution is 5.89. The van der Waals surface area contributed by atoms with Gasteiger partial charge in [0.05, 0.1) is 12.0 Å². The molecule has 116 valence electrons. The molecule has 0 unspecified atom stereocenters. The molecule has 0 bridgehead atoms. The molecular weight excluding hydrogens is 289 g/mol. The van der Waals surface area contributed by atoms with Crippen LogP contribution in [0.1, 0.15) is 30.4 Å². The zero-order chi connectivity index (χ0) is 16.1. The van der Waals surface area contributed by atoms with Gasteiger partial charge in [0.1, 0.15) is 5.82 Å². The first kappa shape index (κ1) is 15.3. The molecule has 0 spiro atoms. The van der Waals surface area contributed by atoms with E-state index in [1.54, 1.807) is 12.1 Å². The summed E-state index contributed by atoms with van der Waals surface area (Å²) < 4.78 is 13.1. The standard InChI is InChI=1S/C20H18FNO/c21-18-11-9-17(10-12-18)20(13-5-14-20)19(23)22-15-4-8-16-6-2-1-3-7-16/h1-3,6-7,9-12H,5,13-15H2,(H,22,23). The van der Waals surface area contributed by atoms with Gasteiger partial charge < -0.3 is 5.32 Å². The van der Waals surface area contributed by atoms with Gasteiger partial charge in [0.25, 0.3) is 0 Å². The Morgan fingerprint density at radius 2 is 1.78 bits per heavy atom. The number of carbonyl (C=O) groups excluding carboxylic acids is 1. The SMILES string of the molecule is O=C(NCC#Cc1ccccc1)C1(c2ccc(F)cc2)CCC1. The summed E-state index contributed by atoms with van der Waals surface area (Å²) in [6.45, 7) is 0.316. The van der Waals surface area contributed by atoms with Crippen molar-refractivity contribution in [2.75, 3.05) is 6.54 Å². The summed E-state index contributed by atoms with van der Waals surface area (Å²) in [6, 6.07) is 15.9. The van der Waals surface area contributed by atoms with Crippen molar-refractivity contribution in [3.8, 4) is 11.8 Å². The van der Waals surface area contributed by atoms with Crippen LogP contribution in [0, 0.1) is 17.7 Å². The molecule has 0 aromatic heterocycles. The lowest BCUT2D eigenvalue weighted by Crippen LogP contribution is -2.49. The van der Waals surface area contributed by atoms with Crippen LogP contribution in [0.4, 0.5) is 4.39 Å². The highest BCUT2D eigenvalue weighted by Gasteiger charge is 2.45. The van der Waals surface area contributed by atoms with Crippen LogP contribution >= 0.6 is 0 Å². The highest BCUT2D eigenvalue weighted by atomic mass is 19.1. The van der Waals surface area contributed by atoms with Gasteiger partial charge in [0.2, 0.25) is 5.91 Å². The molecule has 2 aromatic rings. The Labute approximate surface area is 135 Å². The van der Waals surface area contributed by atoms with Crippen LogP contribution in [0.5, 0.6) is 0 Å². The Morgan fingerprint density at radius 3 is 2.39 bits per heavy atom. The molecule has 0 radical (unpaired) electrons. The molecule has 3 rings (SSSR count). The molecule has 2 nitrogen and oxygen atoms in total. The van der Waals surface area contributed by atoms with Crippen molar-refractivity contribution in [3.05, 3.63) is 71.5 Å². The summed E-state index contributed by atoms with van der Waals surface area (Å²) in [5, 5.41) is 2.90. The first-order chi connectivity index (χ1) is 11.2. The van der Waals surface area contributed by atoms with E-state index in [9.17, 15) is 9.18 Å². The third-order valence-electron chi connectivity index (χ3n) is 4.38. The summed E-state index contributed by atoms with van der Waals surface area (Å²) >= 11 is 0. The molecule has 1 aliphatic rings. The van der Waals surface area contributed by atoms with Gasteiger partial charge in [0.15, 0.2) is 0 Å². The molecule has 0 heterocycles. The highest BCUT2D eigenvalue weighted by Crippen LogP contribution is 2.43. The fourth-order valence-electron chi connectivity index (χ4n) is 2.91. The van der Waals surface area contributed by atoms with E-state index in [1.807, 2.05) is 30.3 Å². The number of carbonyl (C=O) groups is 1. The van der Waals surface area contributed by atoms with Crippen molar-refractivity contribution in [3.63, 3.8) is 0 Å². The van der Waals surface area contributed by atoms with E-state index in [0.29, 0.717) is 6.54 Å². The number of rotatable bonds is 3. The fourth-order valence-corrected chi connectivity index (χ4v) is 2.91. The van der Waals surface area contributed by atoms with Gasteiger partial charge >= 0.3 is 0 Å². The van der Waals surface area contributed by atoms with E-state index >= 15 is 0 Å². The quantitative estimate of drug-likeness (QED) is 0.865. The molecule has 1 fully saturated rings. The first-order valence-electron chi connectivity index (χ1n) is 7.79. The third-order valence-corrected chi connectivity index (χ3v) is 4.38. The van der Waals surface area contributed by atoms with E-state index in [4.69, 9.17) is 0 Å². The average Bonchev–Trinajstić information content (AvgIpc) is 2.53. The maximum absolute atomic E-state index is 13.1. The Kier molecular flexibility index (Phi) is 4.43. The van der Waals surface area contributed by atoms with E-state index in [2.05, 4.69) is 17.2 Å². The van der Waals surface area contributed by atoms with Gasteiger partial charge in [-0.25, -0.2) is 4.39 Å². The van der Waals surface area contributed by atoms with Gasteiger partial charge in [-0.05, 0) is 42.7 Å². The zero-order valence-electron chi connectivity index (χ0n) is 12.8. The minimum Gasteiger partial charge on any atom is -0.344 e. The maximum Gasteiger partial charge on any atom is 0.231 e. The van der Waals surface area contributed by atoms with Crippen molar-refractivity contribution < 1.29 is 9.18 Å². The number of amides is 1. The minimum atomic E-state index is -0.512. The van der Waals surface area contributed by atoms with Crippen molar-refractivity contribution in [2.45, 2.75) is 24.7 Å². The molecule has 1 amide bonds. The predicted octanol–water partition coefficient (Wildman–Crippen LogP) is 3.42. The van der Waals surface area contributed by atoms with Crippen LogP contribution < -0.4 is 5.32 Å². The smallest absolute Gasteiger partial charge is 0.231 e. The average molecular weight is 307 g/mol. The van der Waals surface area contributed by atoms with Crippen LogP contribution in [0.3, 0.4) is 0 Å². The number of benzene rings is 2. The Morgan fingerprint density at radius 1 is 1.09 bits per heavy atom. The summed E-state index contributed by atoms with van der Waals surface area (Å²) in [6.07, 6.45) is 2.62. The Bertz CT molecular complexity index is 737. The molecule has 2 aromatic carbocycles. The molecule has 1 N–H and O–H groups in total. The summed E-state index contributed by atoms with van der Waals surface area (Å²) in [5.41, 5.74) is 1.31. The third kappa shape index (κ3) is 3.27. The topological polar surface area (TPSA) is 29.1 Å². The first-order valence-corrected chi connectivity index (χ1v) is 7.79. The number of nitrogens with one attached hydrogen (secondary N) is 1. The van der Waals surface area contributed by atoms with Gasteiger partial charge in [-0.1, -0.05) is 48.6 Å². The van der Waals surface area contributed by atoms with Crippen LogP contribution in [-0.4, -0.2) is 12.5 Å². The molecule has 0 aliphatic heterocycles. The van der Waals surface area contributed by atoms with Gasteiger partial charge in [-0.15, -0.1) is 0 Å². The van der Waals surface area contributed by atoms with E-state index < -0.39 is 5.41 Å².